The minimum atomic E-state index is -3.86. The minimum absolute atomic E-state index is 0.288. The first-order valence-electron chi connectivity index (χ1n) is 10.6. The van der Waals surface area contributed by atoms with E-state index in [-0.39, 0.29) is 18.0 Å². The number of carbonyl (C=O) groups is 2. The van der Waals surface area contributed by atoms with Crippen LogP contribution in [-0.2, 0) is 14.1 Å². The Morgan fingerprint density at radius 2 is 1.47 bits per heavy atom. The zero-order valence-corrected chi connectivity index (χ0v) is 19.0. The number of hydrogen-bond donors (Lipinski definition) is 0. The van der Waals surface area contributed by atoms with Gasteiger partial charge in [0.05, 0.1) is 24.0 Å². The third kappa shape index (κ3) is 3.57. The number of hydrogen-bond acceptors (Lipinski definition) is 6. The van der Waals surface area contributed by atoms with Crippen molar-refractivity contribution in [3.05, 3.63) is 60.7 Å². The number of imide groups is 1. The summed E-state index contributed by atoms with van der Waals surface area (Å²) in [6.45, 7) is 5.27. The van der Waals surface area contributed by atoms with Gasteiger partial charge in [0.15, 0.2) is 0 Å². The standard InChI is InChI=1S/C23H25N2O6P/c1-23(2,3)29-22(27)24-18-14-17(21(24)26)19-20(18)25(19)32(28,30-15-10-6-4-7-11-15)31-16-12-8-5-9-13-16/h4-13,17-20H,14H2,1-3H3. The van der Waals surface area contributed by atoms with Crippen molar-refractivity contribution in [2.45, 2.75) is 50.9 Å². The molecule has 2 aliphatic heterocycles. The number of para-hydroxylation sites is 2. The maximum Gasteiger partial charge on any atom is 0.516 e. The molecule has 2 aromatic rings. The molecule has 3 fully saturated rings. The molecule has 0 spiro atoms. The van der Waals surface area contributed by atoms with Gasteiger partial charge in [-0.1, -0.05) is 36.4 Å². The zero-order chi connectivity index (χ0) is 22.7. The van der Waals surface area contributed by atoms with Crippen LogP contribution in [0.15, 0.2) is 60.7 Å². The van der Waals surface area contributed by atoms with E-state index in [0.29, 0.717) is 17.9 Å². The molecule has 1 aliphatic carbocycles. The quantitative estimate of drug-likeness (QED) is 0.485. The Hall–Kier alpha value is -2.83. The average molecular weight is 456 g/mol. The summed E-state index contributed by atoms with van der Waals surface area (Å²) in [7, 11) is -3.86. The summed E-state index contributed by atoms with van der Waals surface area (Å²) in [5, 5.41) is 0. The maximum atomic E-state index is 14.1. The van der Waals surface area contributed by atoms with E-state index in [1.807, 2.05) is 12.1 Å². The Kier molecular flexibility index (Phi) is 4.84. The van der Waals surface area contributed by atoms with Crippen LogP contribution in [0.25, 0.3) is 0 Å². The smallest absolute Gasteiger partial charge is 0.443 e. The van der Waals surface area contributed by atoms with Crippen molar-refractivity contribution in [3.63, 3.8) is 0 Å². The predicted octanol–water partition coefficient (Wildman–Crippen LogP) is 4.47. The number of ether oxygens (including phenoxy) is 1. The minimum Gasteiger partial charge on any atom is -0.443 e. The van der Waals surface area contributed by atoms with Gasteiger partial charge in [-0.25, -0.2) is 14.3 Å². The Balaban J connectivity index is 1.43. The van der Waals surface area contributed by atoms with Crippen LogP contribution in [0.4, 0.5) is 4.79 Å². The third-order valence-electron chi connectivity index (χ3n) is 5.86. The molecule has 2 saturated heterocycles. The summed E-state index contributed by atoms with van der Waals surface area (Å²) in [5.41, 5.74) is -0.718. The van der Waals surface area contributed by atoms with Crippen LogP contribution in [0.1, 0.15) is 27.2 Å². The lowest BCUT2D eigenvalue weighted by Crippen LogP contribution is -2.47. The topological polar surface area (TPSA) is 85.2 Å². The molecule has 9 heteroatoms. The number of piperidine rings is 2. The van der Waals surface area contributed by atoms with Gasteiger partial charge in [-0.2, -0.15) is 4.67 Å². The van der Waals surface area contributed by atoms with Crippen LogP contribution < -0.4 is 9.05 Å². The Labute approximate surface area is 186 Å². The summed E-state index contributed by atoms with van der Waals surface area (Å²) in [6, 6.07) is 16.6. The largest absolute Gasteiger partial charge is 0.516 e. The van der Waals surface area contributed by atoms with Gasteiger partial charge in [-0.3, -0.25) is 4.79 Å². The summed E-state index contributed by atoms with van der Waals surface area (Å²) in [6.07, 6.45) is -0.135. The second-order valence-corrected chi connectivity index (χ2v) is 11.0. The van der Waals surface area contributed by atoms with E-state index in [2.05, 4.69) is 0 Å². The first-order valence-corrected chi connectivity index (χ1v) is 12.1. The van der Waals surface area contributed by atoms with Crippen molar-refractivity contribution < 1.29 is 27.9 Å². The van der Waals surface area contributed by atoms with Crippen LogP contribution in [0.2, 0.25) is 0 Å². The van der Waals surface area contributed by atoms with Crippen molar-refractivity contribution >= 4 is 19.7 Å². The lowest BCUT2D eigenvalue weighted by atomic mass is 10.1. The number of carbonyl (C=O) groups excluding carboxylic acids is 2. The highest BCUT2D eigenvalue weighted by atomic mass is 31.2. The van der Waals surface area contributed by atoms with Crippen LogP contribution in [0.3, 0.4) is 0 Å². The van der Waals surface area contributed by atoms with E-state index in [1.165, 1.54) is 4.90 Å². The SMILES string of the molecule is CC(C)(C)OC(=O)N1C(=O)C2CC1C1C2N1P(=O)(Oc1ccccc1)Oc1ccccc1. The molecule has 2 heterocycles. The maximum absolute atomic E-state index is 14.1. The van der Waals surface area contributed by atoms with E-state index in [0.717, 1.165) is 0 Å². The van der Waals surface area contributed by atoms with Crippen LogP contribution >= 0.6 is 7.75 Å². The highest BCUT2D eigenvalue weighted by molar-refractivity contribution is 7.52. The van der Waals surface area contributed by atoms with Crippen LogP contribution in [0, 0.1) is 5.92 Å². The fourth-order valence-electron chi connectivity index (χ4n) is 4.67. The Bertz CT molecular complexity index is 1040. The number of fused-ring (bicyclic) bond motifs is 5. The summed E-state index contributed by atoms with van der Waals surface area (Å²) >= 11 is 0. The molecule has 2 bridgehead atoms. The number of amides is 2. The average Bonchev–Trinajstić information content (AvgIpc) is 3.26. The number of rotatable bonds is 5. The zero-order valence-electron chi connectivity index (χ0n) is 18.1. The molecular weight excluding hydrogens is 431 g/mol. The van der Waals surface area contributed by atoms with Gasteiger partial charge < -0.3 is 13.8 Å². The Morgan fingerprint density at radius 3 is 1.97 bits per heavy atom. The van der Waals surface area contributed by atoms with Crippen molar-refractivity contribution in [1.29, 1.82) is 0 Å². The number of benzene rings is 2. The van der Waals surface area contributed by atoms with Crippen LogP contribution in [-0.4, -0.2) is 45.3 Å². The fraction of sp³-hybridized carbons (Fsp3) is 0.391. The molecule has 0 aromatic heterocycles. The van der Waals surface area contributed by atoms with Gasteiger partial charge in [0, 0.05) is 0 Å². The lowest BCUT2D eigenvalue weighted by Gasteiger charge is -2.28. The van der Waals surface area contributed by atoms with E-state index in [9.17, 15) is 14.2 Å². The van der Waals surface area contributed by atoms with E-state index in [1.54, 1.807) is 74.0 Å². The van der Waals surface area contributed by atoms with Gasteiger partial charge in [-0.15, -0.1) is 0 Å². The molecule has 5 unspecified atom stereocenters. The van der Waals surface area contributed by atoms with Gasteiger partial charge in [-0.05, 0) is 51.5 Å². The van der Waals surface area contributed by atoms with Crippen molar-refractivity contribution in [3.8, 4) is 11.5 Å². The van der Waals surface area contributed by atoms with Gasteiger partial charge in [0.25, 0.3) is 0 Å². The second kappa shape index (κ2) is 7.36. The Morgan fingerprint density at radius 1 is 0.938 bits per heavy atom. The van der Waals surface area contributed by atoms with E-state index < -0.39 is 31.4 Å². The molecular formula is C23H25N2O6P. The van der Waals surface area contributed by atoms with E-state index in [4.69, 9.17) is 13.8 Å². The predicted molar refractivity (Wildman–Crippen MR) is 116 cm³/mol. The van der Waals surface area contributed by atoms with Gasteiger partial charge >= 0.3 is 13.8 Å². The molecule has 0 N–H and O–H groups in total. The van der Waals surface area contributed by atoms with Crippen LogP contribution in [0.5, 0.6) is 11.5 Å². The molecule has 5 atom stereocenters. The fourth-order valence-corrected chi connectivity index (χ4v) is 6.86. The molecule has 1 saturated carbocycles. The summed E-state index contributed by atoms with van der Waals surface area (Å²) in [5.74, 6) is 0.0716. The molecule has 8 nitrogen and oxygen atoms in total. The lowest BCUT2D eigenvalue weighted by molar-refractivity contribution is -0.132. The summed E-state index contributed by atoms with van der Waals surface area (Å²) in [4.78, 5) is 26.8. The molecule has 168 valence electrons. The van der Waals surface area contributed by atoms with Gasteiger partial charge in [0.1, 0.15) is 17.1 Å². The first-order chi connectivity index (χ1) is 15.2. The second-order valence-electron chi connectivity index (χ2n) is 9.24. The first kappa shape index (κ1) is 21.0. The van der Waals surface area contributed by atoms with Gasteiger partial charge in [0.2, 0.25) is 5.91 Å². The molecule has 32 heavy (non-hydrogen) atoms. The van der Waals surface area contributed by atoms with Crippen molar-refractivity contribution in [1.82, 2.24) is 9.57 Å². The third-order valence-corrected chi connectivity index (χ3v) is 7.84. The normalized spacial score (nSPS) is 28.3. The molecule has 0 radical (unpaired) electrons. The number of likely N-dealkylation sites (tertiary alicyclic amines) is 1. The monoisotopic (exact) mass is 456 g/mol. The van der Waals surface area contributed by atoms with Crippen molar-refractivity contribution in [2.24, 2.45) is 5.92 Å². The summed E-state index contributed by atoms with van der Waals surface area (Å²) < 4.78 is 33.0. The molecule has 5 rings (SSSR count). The highest BCUT2D eigenvalue weighted by Crippen LogP contribution is 2.68. The molecule has 3 aliphatic rings. The van der Waals surface area contributed by atoms with E-state index >= 15 is 0 Å². The number of nitrogens with zero attached hydrogens (tertiary/aromatic N) is 2. The molecule has 2 aromatic carbocycles. The van der Waals surface area contributed by atoms with Crippen molar-refractivity contribution in [2.75, 3.05) is 0 Å². The highest BCUT2D eigenvalue weighted by Gasteiger charge is 2.77. The molecule has 2 amide bonds.